The van der Waals surface area contributed by atoms with Crippen molar-refractivity contribution in [1.29, 1.82) is 0 Å². The van der Waals surface area contributed by atoms with Crippen molar-refractivity contribution in [2.24, 2.45) is 0 Å². The number of nitrogens with zero attached hydrogens (tertiary/aromatic N) is 1. The van der Waals surface area contributed by atoms with Crippen molar-refractivity contribution in [3.05, 3.63) is 33.9 Å². The lowest BCUT2D eigenvalue weighted by molar-refractivity contribution is -0.384. The van der Waals surface area contributed by atoms with Crippen LogP contribution in [0.5, 0.6) is 0 Å². The van der Waals surface area contributed by atoms with E-state index in [1.54, 1.807) is 13.8 Å². The van der Waals surface area contributed by atoms with Crippen molar-refractivity contribution in [3.8, 4) is 0 Å². The SMILES string of the molecule is CC(C)OCC(=O)Nc1c([N+](=O)[O-])ccc(F)c1F. The summed E-state index contributed by atoms with van der Waals surface area (Å²) in [7, 11) is 0. The molecule has 6 nitrogen and oxygen atoms in total. The number of carbonyl (C=O) groups excluding carboxylic acids is 1. The predicted octanol–water partition coefficient (Wildman–Crippen LogP) is 2.24. The number of hydrogen-bond acceptors (Lipinski definition) is 4. The Morgan fingerprint density at radius 2 is 2.11 bits per heavy atom. The molecule has 0 aliphatic carbocycles. The highest BCUT2D eigenvalue weighted by molar-refractivity contribution is 5.94. The number of benzene rings is 1. The molecular formula is C11H12F2N2O4. The smallest absolute Gasteiger partial charge is 0.296 e. The number of halogens is 2. The number of ether oxygens (including phenoxy) is 1. The Hall–Kier alpha value is -2.09. The first-order chi connectivity index (χ1) is 8.82. The van der Waals surface area contributed by atoms with Gasteiger partial charge in [-0.1, -0.05) is 0 Å². The highest BCUT2D eigenvalue weighted by Crippen LogP contribution is 2.28. The molecule has 0 aliphatic heterocycles. The molecule has 19 heavy (non-hydrogen) atoms. The lowest BCUT2D eigenvalue weighted by Gasteiger charge is -2.09. The summed E-state index contributed by atoms with van der Waals surface area (Å²) in [5.74, 6) is -3.57. The van der Waals surface area contributed by atoms with Crippen LogP contribution in [0.25, 0.3) is 0 Å². The zero-order valence-electron chi connectivity index (χ0n) is 10.3. The number of nitrogens with one attached hydrogen (secondary N) is 1. The average Bonchev–Trinajstić information content (AvgIpc) is 2.32. The van der Waals surface area contributed by atoms with Crippen LogP contribution in [0.3, 0.4) is 0 Å². The number of carbonyl (C=O) groups is 1. The minimum atomic E-state index is -1.48. The summed E-state index contributed by atoms with van der Waals surface area (Å²) < 4.78 is 31.4. The van der Waals surface area contributed by atoms with Gasteiger partial charge in [0.25, 0.3) is 11.6 Å². The first-order valence-electron chi connectivity index (χ1n) is 5.36. The van der Waals surface area contributed by atoms with Gasteiger partial charge in [0.15, 0.2) is 17.3 Å². The van der Waals surface area contributed by atoms with E-state index in [4.69, 9.17) is 4.74 Å². The second-order valence-electron chi connectivity index (χ2n) is 3.92. The summed E-state index contributed by atoms with van der Waals surface area (Å²) in [5.41, 5.74) is -1.53. The summed E-state index contributed by atoms with van der Waals surface area (Å²) in [5, 5.41) is 12.6. The molecule has 0 saturated heterocycles. The van der Waals surface area contributed by atoms with E-state index in [0.717, 1.165) is 6.07 Å². The molecule has 0 heterocycles. The Morgan fingerprint density at radius 1 is 1.47 bits per heavy atom. The molecule has 0 aliphatic rings. The summed E-state index contributed by atoms with van der Waals surface area (Å²) >= 11 is 0. The normalized spacial score (nSPS) is 10.6. The van der Waals surface area contributed by atoms with Crippen LogP contribution in [0.2, 0.25) is 0 Å². The van der Waals surface area contributed by atoms with Gasteiger partial charge in [-0.05, 0) is 19.9 Å². The second-order valence-corrected chi connectivity index (χ2v) is 3.92. The molecule has 1 aromatic carbocycles. The monoisotopic (exact) mass is 274 g/mol. The van der Waals surface area contributed by atoms with Crippen LogP contribution >= 0.6 is 0 Å². The highest BCUT2D eigenvalue weighted by atomic mass is 19.2. The fourth-order valence-corrected chi connectivity index (χ4v) is 1.23. The van der Waals surface area contributed by atoms with Crippen molar-refractivity contribution >= 4 is 17.3 Å². The van der Waals surface area contributed by atoms with E-state index in [2.05, 4.69) is 0 Å². The standard InChI is InChI=1S/C11H12F2N2O4/c1-6(2)19-5-9(16)14-11-8(15(17)18)4-3-7(12)10(11)13/h3-4,6H,5H2,1-2H3,(H,14,16). The van der Waals surface area contributed by atoms with Gasteiger partial charge in [0.2, 0.25) is 0 Å². The molecule has 0 unspecified atom stereocenters. The molecule has 1 amide bonds. The van der Waals surface area contributed by atoms with Crippen LogP contribution in [-0.4, -0.2) is 23.5 Å². The van der Waals surface area contributed by atoms with Gasteiger partial charge in [-0.25, -0.2) is 8.78 Å². The first kappa shape index (κ1) is 15.0. The van der Waals surface area contributed by atoms with E-state index < -0.39 is 40.4 Å². The van der Waals surface area contributed by atoms with Crippen LogP contribution in [0.1, 0.15) is 13.8 Å². The minimum absolute atomic E-state index is 0.238. The summed E-state index contributed by atoms with van der Waals surface area (Å²) in [6.07, 6.45) is -0.238. The molecule has 0 aromatic heterocycles. The molecule has 1 N–H and O–H groups in total. The maximum absolute atomic E-state index is 13.4. The fraction of sp³-hybridized carbons (Fsp3) is 0.364. The lowest BCUT2D eigenvalue weighted by Crippen LogP contribution is -2.22. The summed E-state index contributed by atoms with van der Waals surface area (Å²) in [6.45, 7) is 2.95. The predicted molar refractivity (Wildman–Crippen MR) is 62.7 cm³/mol. The second kappa shape index (κ2) is 6.19. The van der Waals surface area contributed by atoms with Gasteiger partial charge in [-0.3, -0.25) is 14.9 Å². The quantitative estimate of drug-likeness (QED) is 0.659. The fourth-order valence-electron chi connectivity index (χ4n) is 1.23. The zero-order chi connectivity index (χ0) is 14.6. The van der Waals surface area contributed by atoms with Crippen LogP contribution in [0.4, 0.5) is 20.2 Å². The largest absolute Gasteiger partial charge is 0.369 e. The van der Waals surface area contributed by atoms with E-state index in [1.807, 2.05) is 5.32 Å². The van der Waals surface area contributed by atoms with Crippen molar-refractivity contribution < 1.29 is 23.2 Å². The maximum Gasteiger partial charge on any atom is 0.296 e. The van der Waals surface area contributed by atoms with Gasteiger partial charge >= 0.3 is 0 Å². The van der Waals surface area contributed by atoms with Crippen LogP contribution in [0, 0.1) is 21.7 Å². The van der Waals surface area contributed by atoms with E-state index >= 15 is 0 Å². The lowest BCUT2D eigenvalue weighted by atomic mass is 10.2. The summed E-state index contributed by atoms with van der Waals surface area (Å²) in [6, 6.07) is 1.39. The van der Waals surface area contributed by atoms with E-state index in [1.165, 1.54) is 0 Å². The maximum atomic E-state index is 13.4. The molecule has 0 spiro atoms. The molecule has 1 rings (SSSR count). The number of hydrogen-bond donors (Lipinski definition) is 1. The molecule has 0 saturated carbocycles. The number of nitro groups is 1. The molecular weight excluding hydrogens is 262 g/mol. The van der Waals surface area contributed by atoms with Crippen molar-refractivity contribution in [2.75, 3.05) is 11.9 Å². The number of amides is 1. The van der Waals surface area contributed by atoms with Gasteiger partial charge in [-0.2, -0.15) is 0 Å². The molecule has 0 fully saturated rings. The molecule has 8 heteroatoms. The highest BCUT2D eigenvalue weighted by Gasteiger charge is 2.23. The van der Waals surface area contributed by atoms with Crippen molar-refractivity contribution in [2.45, 2.75) is 20.0 Å². The third-order valence-electron chi connectivity index (χ3n) is 2.08. The number of anilines is 1. The van der Waals surface area contributed by atoms with Crippen LogP contribution < -0.4 is 5.32 Å². The zero-order valence-corrected chi connectivity index (χ0v) is 10.3. The van der Waals surface area contributed by atoms with Gasteiger partial charge in [-0.15, -0.1) is 0 Å². The van der Waals surface area contributed by atoms with Crippen molar-refractivity contribution in [3.63, 3.8) is 0 Å². The Balaban J connectivity index is 2.96. The van der Waals surface area contributed by atoms with Gasteiger partial charge < -0.3 is 10.1 Å². The molecule has 0 radical (unpaired) electrons. The molecule has 1 aromatic rings. The first-order valence-corrected chi connectivity index (χ1v) is 5.36. The van der Waals surface area contributed by atoms with Gasteiger partial charge in [0.1, 0.15) is 6.61 Å². The van der Waals surface area contributed by atoms with Crippen LogP contribution in [0.15, 0.2) is 12.1 Å². The number of nitro benzene ring substituents is 1. The molecule has 104 valence electrons. The Labute approximate surface area is 107 Å². The Kier molecular flexibility index (Phi) is 4.87. The van der Waals surface area contributed by atoms with E-state index in [-0.39, 0.29) is 6.10 Å². The summed E-state index contributed by atoms with van der Waals surface area (Å²) in [4.78, 5) is 21.2. The van der Waals surface area contributed by atoms with Gasteiger partial charge in [0, 0.05) is 6.07 Å². The minimum Gasteiger partial charge on any atom is -0.369 e. The molecule has 0 bridgehead atoms. The molecule has 0 atom stereocenters. The topological polar surface area (TPSA) is 81.5 Å². The van der Waals surface area contributed by atoms with Gasteiger partial charge in [0.05, 0.1) is 11.0 Å². The van der Waals surface area contributed by atoms with E-state index in [0.29, 0.717) is 6.07 Å². The number of rotatable bonds is 5. The average molecular weight is 274 g/mol. The third kappa shape index (κ3) is 3.95. The van der Waals surface area contributed by atoms with E-state index in [9.17, 15) is 23.7 Å². The third-order valence-corrected chi connectivity index (χ3v) is 2.08. The van der Waals surface area contributed by atoms with Crippen molar-refractivity contribution in [1.82, 2.24) is 0 Å². The Bertz CT molecular complexity index is 506. The van der Waals surface area contributed by atoms with Crippen LogP contribution in [-0.2, 0) is 9.53 Å². The Morgan fingerprint density at radius 3 is 2.63 bits per heavy atom.